The summed E-state index contributed by atoms with van der Waals surface area (Å²) < 4.78 is 43.2. The number of aromatic nitrogens is 2. The summed E-state index contributed by atoms with van der Waals surface area (Å²) in [7, 11) is 1.55. The number of methoxy groups -OCH3 is 1. The minimum atomic E-state index is -1.01. The molecule has 1 fully saturated rings. The smallest absolute Gasteiger partial charge is 0.232 e. The van der Waals surface area contributed by atoms with Crippen molar-refractivity contribution in [2.24, 2.45) is 0 Å². The number of nitrogens with zero attached hydrogens (tertiary/aromatic N) is 3. The number of hydrogen-bond acceptors (Lipinski definition) is 6. The maximum Gasteiger partial charge on any atom is 0.232 e. The lowest BCUT2D eigenvalue weighted by atomic mass is 10.1. The van der Waals surface area contributed by atoms with Crippen LogP contribution < -0.4 is 14.4 Å². The Morgan fingerprint density at radius 2 is 2.00 bits per heavy atom. The van der Waals surface area contributed by atoms with Crippen LogP contribution in [0, 0.1) is 11.6 Å². The summed E-state index contributed by atoms with van der Waals surface area (Å²) in [5, 5.41) is 4.02. The van der Waals surface area contributed by atoms with Gasteiger partial charge in [0.15, 0.2) is 23.1 Å². The largest absolute Gasteiger partial charge is 0.493 e. The highest BCUT2D eigenvalue weighted by molar-refractivity contribution is 5.96. The Kier molecular flexibility index (Phi) is 5.83. The van der Waals surface area contributed by atoms with E-state index in [0.717, 1.165) is 18.6 Å². The Morgan fingerprint density at radius 1 is 1.16 bits per heavy atom. The molecule has 3 aromatic rings. The molecule has 0 N–H and O–H groups in total. The highest BCUT2D eigenvalue weighted by Crippen LogP contribution is 2.34. The van der Waals surface area contributed by atoms with Crippen LogP contribution in [-0.4, -0.2) is 36.3 Å². The van der Waals surface area contributed by atoms with E-state index in [1.165, 1.54) is 11.0 Å². The van der Waals surface area contributed by atoms with Crippen LogP contribution in [0.4, 0.5) is 14.5 Å². The summed E-state index contributed by atoms with van der Waals surface area (Å²) in [6.07, 6.45) is 1.01. The van der Waals surface area contributed by atoms with Crippen molar-refractivity contribution in [2.75, 3.05) is 25.2 Å². The number of hydrogen-bond donors (Lipinski definition) is 0. The van der Waals surface area contributed by atoms with Crippen molar-refractivity contribution in [3.8, 4) is 22.9 Å². The number of carbonyl (C=O) groups excluding carboxylic acids is 1. The lowest BCUT2D eigenvalue weighted by Gasteiger charge is -2.16. The lowest BCUT2D eigenvalue weighted by Crippen LogP contribution is -2.24. The first-order valence-electron chi connectivity index (χ1n) is 9.90. The first-order chi connectivity index (χ1) is 15.0. The van der Waals surface area contributed by atoms with E-state index in [2.05, 4.69) is 10.1 Å². The SMILES string of the molecule is CCCOc1ccc(-c2noc(C3CC(=O)N(c4ccc(F)c(F)c4)C3)n2)cc1OC. The van der Waals surface area contributed by atoms with Crippen molar-refractivity contribution in [1.82, 2.24) is 10.1 Å². The molecule has 1 atom stereocenters. The molecule has 1 aromatic heterocycles. The predicted molar refractivity (Wildman–Crippen MR) is 108 cm³/mol. The number of ether oxygens (including phenoxy) is 2. The highest BCUT2D eigenvalue weighted by Gasteiger charge is 2.35. The van der Waals surface area contributed by atoms with Crippen LogP contribution >= 0.6 is 0 Å². The van der Waals surface area contributed by atoms with Crippen molar-refractivity contribution < 1.29 is 27.6 Å². The second kappa shape index (κ2) is 8.71. The Balaban J connectivity index is 1.52. The Bertz CT molecular complexity index is 1100. The molecule has 0 aliphatic carbocycles. The van der Waals surface area contributed by atoms with Gasteiger partial charge in [0.05, 0.1) is 19.6 Å². The van der Waals surface area contributed by atoms with Gasteiger partial charge in [0.1, 0.15) is 0 Å². The molecule has 2 aromatic carbocycles. The summed E-state index contributed by atoms with van der Waals surface area (Å²) in [5.74, 6) is -0.707. The number of anilines is 1. The summed E-state index contributed by atoms with van der Waals surface area (Å²) in [4.78, 5) is 18.3. The van der Waals surface area contributed by atoms with Gasteiger partial charge in [0.25, 0.3) is 0 Å². The third kappa shape index (κ3) is 4.21. The molecule has 1 aliphatic rings. The fraction of sp³-hybridized carbons (Fsp3) is 0.318. The first kappa shape index (κ1) is 20.8. The van der Waals surface area contributed by atoms with E-state index in [1.807, 2.05) is 6.92 Å². The van der Waals surface area contributed by atoms with Crippen molar-refractivity contribution >= 4 is 11.6 Å². The fourth-order valence-electron chi connectivity index (χ4n) is 3.43. The van der Waals surface area contributed by atoms with Crippen LogP contribution in [0.2, 0.25) is 0 Å². The maximum absolute atomic E-state index is 13.6. The topological polar surface area (TPSA) is 77.7 Å². The predicted octanol–water partition coefficient (Wildman–Crippen LogP) is 4.33. The third-order valence-corrected chi connectivity index (χ3v) is 5.01. The van der Waals surface area contributed by atoms with Gasteiger partial charge in [-0.1, -0.05) is 12.1 Å². The number of halogens is 2. The van der Waals surface area contributed by atoms with E-state index in [1.54, 1.807) is 25.3 Å². The molecular weight excluding hydrogens is 408 g/mol. The minimum Gasteiger partial charge on any atom is -0.493 e. The Labute approximate surface area is 177 Å². The lowest BCUT2D eigenvalue weighted by molar-refractivity contribution is -0.117. The molecule has 1 amide bonds. The molecule has 4 rings (SSSR count). The van der Waals surface area contributed by atoms with E-state index in [9.17, 15) is 13.6 Å². The number of benzene rings is 2. The summed E-state index contributed by atoms with van der Waals surface area (Å²) >= 11 is 0. The van der Waals surface area contributed by atoms with Crippen LogP contribution in [0.5, 0.6) is 11.5 Å². The fourth-order valence-corrected chi connectivity index (χ4v) is 3.43. The molecule has 0 bridgehead atoms. The van der Waals surface area contributed by atoms with Crippen LogP contribution in [0.25, 0.3) is 11.4 Å². The van der Waals surface area contributed by atoms with Crippen molar-refractivity contribution in [2.45, 2.75) is 25.7 Å². The van der Waals surface area contributed by atoms with Gasteiger partial charge in [-0.3, -0.25) is 4.79 Å². The molecular formula is C22H21F2N3O4. The van der Waals surface area contributed by atoms with E-state index < -0.39 is 11.6 Å². The molecule has 2 heterocycles. The molecule has 1 saturated heterocycles. The highest BCUT2D eigenvalue weighted by atomic mass is 19.2. The van der Waals surface area contributed by atoms with Gasteiger partial charge in [-0.15, -0.1) is 0 Å². The molecule has 162 valence electrons. The Hall–Kier alpha value is -3.49. The van der Waals surface area contributed by atoms with Gasteiger partial charge >= 0.3 is 0 Å². The van der Waals surface area contributed by atoms with Crippen LogP contribution in [-0.2, 0) is 4.79 Å². The van der Waals surface area contributed by atoms with Crippen LogP contribution in [0.15, 0.2) is 40.9 Å². The maximum atomic E-state index is 13.6. The normalized spacial score (nSPS) is 16.1. The third-order valence-electron chi connectivity index (χ3n) is 5.01. The molecule has 31 heavy (non-hydrogen) atoms. The number of carbonyl (C=O) groups is 1. The van der Waals surface area contributed by atoms with Crippen LogP contribution in [0.3, 0.4) is 0 Å². The van der Waals surface area contributed by atoms with Gasteiger partial charge in [-0.25, -0.2) is 8.78 Å². The monoisotopic (exact) mass is 429 g/mol. The zero-order chi connectivity index (χ0) is 22.0. The van der Waals surface area contributed by atoms with Crippen LogP contribution in [0.1, 0.15) is 31.6 Å². The van der Waals surface area contributed by atoms with Crippen molar-refractivity contribution in [1.29, 1.82) is 0 Å². The van der Waals surface area contributed by atoms with E-state index in [0.29, 0.717) is 41.1 Å². The number of amides is 1. The molecule has 0 radical (unpaired) electrons. The van der Waals surface area contributed by atoms with E-state index >= 15 is 0 Å². The molecule has 9 heteroatoms. The first-order valence-corrected chi connectivity index (χ1v) is 9.90. The van der Waals surface area contributed by atoms with Gasteiger partial charge < -0.3 is 18.9 Å². The summed E-state index contributed by atoms with van der Waals surface area (Å²) in [6, 6.07) is 8.71. The number of rotatable bonds is 7. The van der Waals surface area contributed by atoms with Gasteiger partial charge in [-0.05, 0) is 36.8 Å². The van der Waals surface area contributed by atoms with Crippen molar-refractivity contribution in [3.63, 3.8) is 0 Å². The van der Waals surface area contributed by atoms with E-state index in [4.69, 9.17) is 14.0 Å². The summed E-state index contributed by atoms with van der Waals surface area (Å²) in [5.41, 5.74) is 0.969. The zero-order valence-electron chi connectivity index (χ0n) is 17.1. The van der Waals surface area contributed by atoms with E-state index in [-0.39, 0.29) is 24.8 Å². The average Bonchev–Trinajstić information content (AvgIpc) is 3.41. The van der Waals surface area contributed by atoms with Gasteiger partial charge in [0, 0.05) is 30.3 Å². The quantitative estimate of drug-likeness (QED) is 0.556. The minimum absolute atomic E-state index is 0.133. The molecule has 1 unspecified atom stereocenters. The molecule has 1 aliphatic heterocycles. The second-order valence-electron chi connectivity index (χ2n) is 7.17. The average molecular weight is 429 g/mol. The van der Waals surface area contributed by atoms with Gasteiger partial charge in [0.2, 0.25) is 17.6 Å². The molecule has 0 spiro atoms. The molecule has 7 nitrogen and oxygen atoms in total. The molecule has 0 saturated carbocycles. The zero-order valence-corrected chi connectivity index (χ0v) is 17.1. The summed E-state index contributed by atoms with van der Waals surface area (Å²) in [6.45, 7) is 2.83. The van der Waals surface area contributed by atoms with Crippen molar-refractivity contribution in [3.05, 3.63) is 53.9 Å². The van der Waals surface area contributed by atoms with Gasteiger partial charge in [-0.2, -0.15) is 4.98 Å². The second-order valence-corrected chi connectivity index (χ2v) is 7.17. The standard InChI is InChI=1S/C22H21F2N3O4/c1-3-8-30-18-7-4-13(9-19(18)29-2)21-25-22(31-26-21)14-10-20(28)27(12-14)15-5-6-16(23)17(24)11-15/h4-7,9,11,14H,3,8,10,12H2,1-2H3. The Morgan fingerprint density at radius 3 is 2.74 bits per heavy atom.